The Morgan fingerprint density at radius 1 is 0.203 bits per heavy atom. The monoisotopic (exact) mass is 1840 g/mol. The van der Waals surface area contributed by atoms with Crippen molar-refractivity contribution in [3.8, 4) is 23.0 Å². The van der Waals surface area contributed by atoms with Crippen molar-refractivity contribution in [2.24, 2.45) is 28.2 Å². The summed E-state index contributed by atoms with van der Waals surface area (Å²) in [6.07, 6.45) is 103. The first-order chi connectivity index (χ1) is 61.0. The van der Waals surface area contributed by atoms with Crippen LogP contribution in [0.3, 0.4) is 0 Å². The van der Waals surface area contributed by atoms with Crippen molar-refractivity contribution in [2.45, 2.75) is 439 Å². The molecule has 0 aliphatic heterocycles. The van der Waals surface area contributed by atoms with Gasteiger partial charge in [-0.3, -0.25) is 0 Å². The van der Waals surface area contributed by atoms with Crippen LogP contribution in [-0.4, -0.2) is 44.7 Å². The van der Waals surface area contributed by atoms with Gasteiger partial charge in [0.25, 0.3) is 0 Å². The summed E-state index contributed by atoms with van der Waals surface area (Å²) in [6, 6.07) is 20.1. The van der Waals surface area contributed by atoms with E-state index in [1.165, 1.54) is 401 Å². The number of aromatic nitrogens is 8. The summed E-state index contributed by atoms with van der Waals surface area (Å²) in [4.78, 5) is 0. The minimum Gasteiger partial charge on any atom is -1.00 e. The van der Waals surface area contributed by atoms with Crippen LogP contribution in [0.1, 0.15) is 454 Å². The Kier molecular flexibility index (Phi) is 61.5. The zero-order valence-electron chi connectivity index (χ0n) is 82.4. The molecule has 0 unspecified atom stereocenters. The highest BCUT2D eigenvalue weighted by Crippen LogP contribution is 2.42. The van der Waals surface area contributed by atoms with Gasteiger partial charge >= 0.3 is 0 Å². The highest BCUT2D eigenvalue weighted by molar-refractivity contribution is 5.59. The number of benzene rings is 4. The summed E-state index contributed by atoms with van der Waals surface area (Å²) in [7, 11) is 8.57. The molecule has 0 fully saturated rings. The van der Waals surface area contributed by atoms with E-state index in [0.29, 0.717) is 52.1 Å². The van der Waals surface area contributed by atoms with Gasteiger partial charge < -0.3 is 68.6 Å². The standard InChI is InChI=1S/C112H180N8O4.4ClH/c1-9-13-17-21-25-29-33-37-41-45-49-53-57-61-73-121-109-101-77-97(89-117-69-65-113(5)93-117)78-102(109)86-104-80-99(91-119-71-67-115(7)95-119)82-106(111(104)123-75-63-59-55-51-47-43-39-35-31-27-23-19-15-11-3)88-108-84-100(92-120-72-68-116(8)96-120)83-107(112(108)124-76-64-60-56-52-48-44-40-36-32-28-24-20-16-12-4)87-105-81-98(90-118-70-66-114(6)94-118)79-103(85-101)110(105)122-74-62-58-54-50-46-42-38-34-30-26-22-18-14-10-2;;;;/h65-72,77-84,93-96H,9-64,73-76,85-92H2,1-8H3;4*1H/q+4;;;;/p-4. The first kappa shape index (κ1) is 113. The molecule has 0 spiro atoms. The Morgan fingerprint density at radius 2 is 0.336 bits per heavy atom. The van der Waals surface area contributed by atoms with Crippen molar-refractivity contribution in [2.75, 3.05) is 26.4 Å². The Labute approximate surface area is 806 Å². The van der Waals surface area contributed by atoms with Gasteiger partial charge in [0, 0.05) is 25.7 Å². The van der Waals surface area contributed by atoms with Crippen molar-refractivity contribution in [3.05, 3.63) is 190 Å². The number of hydrogen-bond acceptors (Lipinski definition) is 4. The van der Waals surface area contributed by atoms with Crippen LogP contribution >= 0.6 is 0 Å². The molecule has 0 saturated carbocycles. The van der Waals surface area contributed by atoms with Gasteiger partial charge in [0.05, 0.1) is 54.6 Å². The number of hydrogen-bond donors (Lipinski definition) is 0. The smallest absolute Gasteiger partial charge is 0.243 e. The molecular formula is C112H180Cl4N8O4. The molecule has 1 aliphatic carbocycles. The van der Waals surface area contributed by atoms with Gasteiger partial charge in [0.15, 0.2) is 0 Å². The highest BCUT2D eigenvalue weighted by atomic mass is 35.5. The van der Waals surface area contributed by atoms with E-state index in [1.54, 1.807) is 0 Å². The van der Waals surface area contributed by atoms with Gasteiger partial charge in [-0.25, -0.2) is 36.5 Å². The third-order valence-corrected chi connectivity index (χ3v) is 26.5. The number of fused-ring (bicyclic) bond motifs is 8. The van der Waals surface area contributed by atoms with E-state index in [-0.39, 0.29) is 49.6 Å². The van der Waals surface area contributed by atoms with Crippen molar-refractivity contribution in [1.29, 1.82) is 0 Å². The summed E-state index contributed by atoms with van der Waals surface area (Å²) < 4.78 is 48.8. The normalized spacial score (nSPS) is 11.8. The minimum atomic E-state index is 0. The number of ether oxygens (including phenoxy) is 4. The molecule has 0 amide bonds. The Balaban J connectivity index is 0.00000726. The van der Waals surface area contributed by atoms with Crippen LogP contribution in [0.5, 0.6) is 23.0 Å². The van der Waals surface area contributed by atoms with Crippen LogP contribution in [0.25, 0.3) is 0 Å². The molecule has 0 radical (unpaired) electrons. The van der Waals surface area contributed by atoms with Crippen molar-refractivity contribution in [3.63, 3.8) is 0 Å². The first-order valence-electron chi connectivity index (χ1n) is 52.2. The van der Waals surface area contributed by atoms with Crippen LogP contribution in [0, 0.1) is 0 Å². The average molecular weight is 1840 g/mol. The first-order valence-corrected chi connectivity index (χ1v) is 52.2. The molecule has 12 nitrogen and oxygen atoms in total. The summed E-state index contributed by atoms with van der Waals surface area (Å²) in [5, 5.41) is 0. The molecule has 9 rings (SSSR count). The van der Waals surface area contributed by atoms with Gasteiger partial charge in [-0.1, -0.05) is 362 Å². The maximum atomic E-state index is 7.68. The second kappa shape index (κ2) is 69.9. The number of unbranched alkanes of at least 4 members (excludes halogenated alkanes) is 52. The zero-order valence-corrected chi connectivity index (χ0v) is 85.4. The third-order valence-electron chi connectivity index (χ3n) is 26.5. The van der Waals surface area contributed by atoms with Crippen molar-refractivity contribution < 1.29 is 86.8 Å². The van der Waals surface area contributed by atoms with Gasteiger partial charge in [-0.15, -0.1) is 0 Å². The largest absolute Gasteiger partial charge is 1.00 e. The van der Waals surface area contributed by atoms with Crippen LogP contribution in [0.4, 0.5) is 0 Å². The molecule has 0 N–H and O–H groups in total. The highest BCUT2D eigenvalue weighted by Gasteiger charge is 2.27. The molecule has 4 aromatic heterocycles. The quantitative estimate of drug-likeness (QED) is 0.0281. The molecule has 0 atom stereocenters. The fourth-order valence-corrected chi connectivity index (χ4v) is 19.4. The van der Waals surface area contributed by atoms with E-state index < -0.39 is 0 Å². The van der Waals surface area contributed by atoms with E-state index in [4.69, 9.17) is 18.9 Å². The van der Waals surface area contributed by atoms with Gasteiger partial charge in [-0.05, 0) is 141 Å². The molecule has 4 aromatic carbocycles. The zero-order chi connectivity index (χ0) is 86.9. The summed E-state index contributed by atoms with van der Waals surface area (Å²) in [6.45, 7) is 14.9. The van der Waals surface area contributed by atoms with Gasteiger partial charge in [0.2, 0.25) is 25.3 Å². The lowest BCUT2D eigenvalue weighted by atomic mass is 9.88. The van der Waals surface area contributed by atoms with Gasteiger partial charge in [-0.2, -0.15) is 0 Å². The number of rotatable bonds is 72. The fourth-order valence-electron chi connectivity index (χ4n) is 19.4. The SMILES string of the molecule is CCCCCCCCCCCCCCCCOc1c2cc(Cn3cc[n+](C)c3)cc1Cc1cc(Cn3cc[n+](C)c3)cc(c1OCCCCCCCCCCCCCCCC)Cc1cc(Cn3cc[n+](C)c3)cc(c1OCCCCCCCCCCCCCCCC)Cc1cc(Cn3cc[n+](C)c3)cc(c1OCCCCCCCCCCCCCCCC)C2.[Cl-].[Cl-].[Cl-].[Cl-]. The lowest BCUT2D eigenvalue weighted by Crippen LogP contribution is -3.00. The maximum absolute atomic E-state index is 7.68. The summed E-state index contributed by atoms with van der Waals surface area (Å²) >= 11 is 0. The molecule has 8 bridgehead atoms. The molecule has 1 aliphatic rings. The minimum absolute atomic E-state index is 0. The van der Waals surface area contributed by atoms with E-state index in [0.717, 1.165) is 74.9 Å². The maximum Gasteiger partial charge on any atom is 0.243 e. The molecule has 0 saturated heterocycles. The molecular weight excluding hydrogens is 1660 g/mol. The predicted molar refractivity (Wildman–Crippen MR) is 519 cm³/mol. The predicted octanol–water partition coefficient (Wildman–Crippen LogP) is 16.5. The second-order valence-corrected chi connectivity index (χ2v) is 38.5. The Morgan fingerprint density at radius 3 is 0.461 bits per heavy atom. The molecule has 8 aromatic rings. The third kappa shape index (κ3) is 45.2. The number of imidazole rings is 4. The molecule has 128 heavy (non-hydrogen) atoms. The van der Waals surface area contributed by atoms with Crippen molar-refractivity contribution >= 4 is 0 Å². The Bertz CT molecular complexity index is 3510. The van der Waals surface area contributed by atoms with E-state index in [9.17, 15) is 0 Å². The lowest BCUT2D eigenvalue weighted by Gasteiger charge is -2.25. The Hall–Kier alpha value is -5.92. The van der Waals surface area contributed by atoms with E-state index >= 15 is 0 Å². The van der Waals surface area contributed by atoms with Crippen LogP contribution in [-0.2, 0) is 80.1 Å². The van der Waals surface area contributed by atoms with E-state index in [2.05, 4.69) is 216 Å². The number of halogens is 4. The molecule has 720 valence electrons. The van der Waals surface area contributed by atoms with Crippen LogP contribution < -0.4 is 86.8 Å². The second-order valence-electron chi connectivity index (χ2n) is 38.5. The fraction of sp³-hybridized carbons (Fsp3) is 0.679. The lowest BCUT2D eigenvalue weighted by molar-refractivity contribution is -0.671. The van der Waals surface area contributed by atoms with Crippen LogP contribution in [0.15, 0.2) is 123 Å². The topological polar surface area (TPSA) is 72.2 Å². The molecule has 16 heteroatoms. The van der Waals surface area contributed by atoms with Crippen molar-refractivity contribution in [1.82, 2.24) is 18.3 Å². The number of nitrogens with zero attached hydrogens (tertiary/aromatic N) is 8. The average Bonchev–Trinajstić information content (AvgIpc) is 1.46. The summed E-state index contributed by atoms with van der Waals surface area (Å²) in [5.74, 6) is 4.11. The summed E-state index contributed by atoms with van der Waals surface area (Å²) in [5.41, 5.74) is 14.9. The molecule has 4 heterocycles. The van der Waals surface area contributed by atoms with Gasteiger partial charge in [0.1, 0.15) is 98.8 Å². The van der Waals surface area contributed by atoms with E-state index in [1.807, 2.05) is 0 Å². The van der Waals surface area contributed by atoms with Crippen LogP contribution in [0.2, 0.25) is 0 Å². The number of aryl methyl sites for hydroxylation is 4.